The Balaban J connectivity index is 1.32. The van der Waals surface area contributed by atoms with E-state index in [1.807, 2.05) is 53.9 Å². The zero-order valence-electron chi connectivity index (χ0n) is 22.5. The summed E-state index contributed by atoms with van der Waals surface area (Å²) in [5.41, 5.74) is 2.37. The number of ether oxygens (including phenoxy) is 5. The Bertz CT molecular complexity index is 1840. The molecule has 2 aromatic heterocycles. The summed E-state index contributed by atoms with van der Waals surface area (Å²) in [6.07, 6.45) is 1.79. The first-order valence-corrected chi connectivity index (χ1v) is 14.6. The molecule has 11 heteroatoms. The first-order valence-electron chi connectivity index (χ1n) is 12.9. The maximum Gasteiger partial charge on any atom is 0.338 e. The Labute approximate surface area is 243 Å². The molecule has 1 atom stereocenters. The number of carbonyl (C=O) groups excluding carboxylic acids is 1. The van der Waals surface area contributed by atoms with Crippen LogP contribution in [-0.4, -0.2) is 31.0 Å². The van der Waals surface area contributed by atoms with Gasteiger partial charge in [-0.2, -0.15) is 0 Å². The van der Waals surface area contributed by atoms with E-state index in [9.17, 15) is 9.59 Å². The molecule has 0 unspecified atom stereocenters. The van der Waals surface area contributed by atoms with Crippen LogP contribution in [0.4, 0.5) is 0 Å². The van der Waals surface area contributed by atoms with Crippen molar-refractivity contribution in [3.63, 3.8) is 0 Å². The first-order chi connectivity index (χ1) is 20.0. The number of rotatable bonds is 8. The van der Waals surface area contributed by atoms with E-state index in [4.69, 9.17) is 23.7 Å². The summed E-state index contributed by atoms with van der Waals surface area (Å²) >= 11 is 2.75. The Morgan fingerprint density at radius 2 is 2.00 bits per heavy atom. The lowest BCUT2D eigenvalue weighted by Crippen LogP contribution is -2.39. The predicted octanol–water partition coefficient (Wildman–Crippen LogP) is 4.18. The van der Waals surface area contributed by atoms with Crippen molar-refractivity contribution < 1.29 is 28.5 Å². The maximum atomic E-state index is 13.8. The number of thiophene rings is 1. The van der Waals surface area contributed by atoms with Gasteiger partial charge >= 0.3 is 5.97 Å². The third kappa shape index (κ3) is 5.14. The average Bonchev–Trinajstić information content (AvgIpc) is 3.73. The van der Waals surface area contributed by atoms with Crippen LogP contribution in [0.1, 0.15) is 35.9 Å². The van der Waals surface area contributed by atoms with Crippen LogP contribution in [0.15, 0.2) is 75.0 Å². The summed E-state index contributed by atoms with van der Waals surface area (Å²) in [6, 6.07) is 14.4. The summed E-state index contributed by atoms with van der Waals surface area (Å²) in [4.78, 5) is 32.7. The highest BCUT2D eigenvalue weighted by Crippen LogP contribution is 2.35. The van der Waals surface area contributed by atoms with Crippen LogP contribution in [0.2, 0.25) is 0 Å². The minimum absolute atomic E-state index is 0.216. The van der Waals surface area contributed by atoms with E-state index in [0.29, 0.717) is 44.5 Å². The monoisotopic (exact) mass is 590 g/mol. The van der Waals surface area contributed by atoms with Gasteiger partial charge in [0.15, 0.2) is 27.8 Å². The third-order valence-electron chi connectivity index (χ3n) is 6.65. The number of hydrogen-bond acceptors (Lipinski definition) is 10. The van der Waals surface area contributed by atoms with Gasteiger partial charge in [-0.25, -0.2) is 9.79 Å². The molecule has 0 aliphatic carbocycles. The molecule has 9 nitrogen and oxygen atoms in total. The van der Waals surface area contributed by atoms with Crippen molar-refractivity contribution in [2.75, 3.05) is 20.5 Å². The standard InChI is InChI=1S/C30H26N2O7S2/c1-4-36-29(34)26-17(2)31-30-32(27(26)24-6-5-11-40-24)28(33)25(41-30)14-18-7-9-20(22(12-18)35-3)37-15-19-8-10-21-23(13-19)39-16-38-21/h5-14,27H,4,15-16H2,1-3H3/b25-14-/t27-/m0/s1. The highest BCUT2D eigenvalue weighted by atomic mass is 32.1. The van der Waals surface area contributed by atoms with Gasteiger partial charge in [0.05, 0.1) is 29.5 Å². The smallest absolute Gasteiger partial charge is 0.338 e. The highest BCUT2D eigenvalue weighted by molar-refractivity contribution is 7.10. The van der Waals surface area contributed by atoms with E-state index in [2.05, 4.69) is 4.99 Å². The third-order valence-corrected chi connectivity index (χ3v) is 8.55. The number of hydrogen-bond donors (Lipinski definition) is 0. The molecular weight excluding hydrogens is 564 g/mol. The van der Waals surface area contributed by atoms with Crippen molar-refractivity contribution >= 4 is 34.7 Å². The normalized spacial score (nSPS) is 15.9. The molecule has 0 spiro atoms. The van der Waals surface area contributed by atoms with Gasteiger partial charge in [-0.15, -0.1) is 11.3 Å². The Morgan fingerprint density at radius 1 is 1.15 bits per heavy atom. The molecule has 0 bridgehead atoms. The molecule has 41 heavy (non-hydrogen) atoms. The van der Waals surface area contributed by atoms with Gasteiger partial charge < -0.3 is 23.7 Å². The number of benzene rings is 2. The minimum atomic E-state index is -0.603. The minimum Gasteiger partial charge on any atom is -0.493 e. The number of thiazole rings is 1. The first kappa shape index (κ1) is 26.9. The summed E-state index contributed by atoms with van der Waals surface area (Å²) in [7, 11) is 1.57. The highest BCUT2D eigenvalue weighted by Gasteiger charge is 2.33. The summed E-state index contributed by atoms with van der Waals surface area (Å²) in [5, 5.41) is 1.92. The van der Waals surface area contributed by atoms with Crippen LogP contribution in [0.5, 0.6) is 23.0 Å². The fourth-order valence-corrected chi connectivity index (χ4v) is 6.61. The summed E-state index contributed by atoms with van der Waals surface area (Å²) in [5.74, 6) is 2.04. The molecule has 0 saturated carbocycles. The van der Waals surface area contributed by atoms with Crippen molar-refractivity contribution in [2.24, 2.45) is 4.99 Å². The zero-order valence-corrected chi connectivity index (χ0v) is 24.2. The lowest BCUT2D eigenvalue weighted by Gasteiger charge is -2.23. The number of allylic oxidation sites excluding steroid dienone is 1. The molecule has 2 aromatic carbocycles. The van der Waals surface area contributed by atoms with Gasteiger partial charge in [-0.1, -0.05) is 29.5 Å². The Kier molecular flexibility index (Phi) is 7.38. The quantitative estimate of drug-likeness (QED) is 0.284. The SMILES string of the molecule is CCOC(=O)C1=C(C)N=c2s/c(=C\c3ccc(OCc4ccc5c(c4)OCO5)c(OC)c3)c(=O)n2[C@H]1c1cccs1. The lowest BCUT2D eigenvalue weighted by atomic mass is 10.0. The number of aromatic nitrogens is 1. The molecule has 2 aliphatic heterocycles. The van der Waals surface area contributed by atoms with Gasteiger partial charge in [0.2, 0.25) is 6.79 Å². The van der Waals surface area contributed by atoms with E-state index in [1.54, 1.807) is 31.6 Å². The van der Waals surface area contributed by atoms with E-state index in [1.165, 1.54) is 22.7 Å². The van der Waals surface area contributed by atoms with Crippen LogP contribution < -0.4 is 33.8 Å². The number of methoxy groups -OCH3 is 1. The molecule has 2 aliphatic rings. The average molecular weight is 591 g/mol. The fraction of sp³-hybridized carbons (Fsp3) is 0.233. The lowest BCUT2D eigenvalue weighted by molar-refractivity contribution is -0.139. The molecule has 0 amide bonds. The largest absolute Gasteiger partial charge is 0.493 e. The number of fused-ring (bicyclic) bond motifs is 2. The number of carbonyl (C=O) groups is 1. The molecule has 0 fully saturated rings. The Hall–Kier alpha value is -4.35. The molecule has 210 valence electrons. The zero-order chi connectivity index (χ0) is 28.5. The van der Waals surface area contributed by atoms with Crippen molar-refractivity contribution in [3.8, 4) is 23.0 Å². The van der Waals surface area contributed by atoms with E-state index >= 15 is 0 Å². The number of nitrogens with zero attached hydrogens (tertiary/aromatic N) is 2. The molecule has 0 saturated heterocycles. The summed E-state index contributed by atoms with van der Waals surface area (Å²) in [6.45, 7) is 4.29. The molecule has 0 N–H and O–H groups in total. The second-order valence-electron chi connectivity index (χ2n) is 9.20. The van der Waals surface area contributed by atoms with Crippen LogP contribution >= 0.6 is 22.7 Å². The van der Waals surface area contributed by atoms with Crippen LogP contribution in [-0.2, 0) is 16.1 Å². The van der Waals surface area contributed by atoms with Crippen LogP contribution in [0, 0.1) is 0 Å². The van der Waals surface area contributed by atoms with Crippen molar-refractivity contribution in [1.29, 1.82) is 0 Å². The van der Waals surface area contributed by atoms with Gasteiger partial charge in [0, 0.05) is 4.88 Å². The van der Waals surface area contributed by atoms with E-state index in [0.717, 1.165) is 21.8 Å². The van der Waals surface area contributed by atoms with Gasteiger partial charge in [0.25, 0.3) is 5.56 Å². The molecule has 4 aromatic rings. The predicted molar refractivity (Wildman–Crippen MR) is 155 cm³/mol. The van der Waals surface area contributed by atoms with Gasteiger partial charge in [-0.05, 0) is 66.8 Å². The van der Waals surface area contributed by atoms with Crippen molar-refractivity contribution in [2.45, 2.75) is 26.5 Å². The van der Waals surface area contributed by atoms with Gasteiger partial charge in [0.1, 0.15) is 12.6 Å². The van der Waals surface area contributed by atoms with Gasteiger partial charge in [-0.3, -0.25) is 9.36 Å². The molecular formula is C30H26N2O7S2. The molecule has 0 radical (unpaired) electrons. The van der Waals surface area contributed by atoms with Crippen molar-refractivity contribution in [1.82, 2.24) is 4.57 Å². The van der Waals surface area contributed by atoms with E-state index < -0.39 is 12.0 Å². The fourth-order valence-electron chi connectivity index (χ4n) is 4.74. The van der Waals surface area contributed by atoms with Crippen molar-refractivity contribution in [3.05, 3.63) is 101 Å². The Morgan fingerprint density at radius 3 is 2.78 bits per heavy atom. The summed E-state index contributed by atoms with van der Waals surface area (Å²) < 4.78 is 29.8. The number of esters is 1. The molecule has 6 rings (SSSR count). The topological polar surface area (TPSA) is 97.6 Å². The second kappa shape index (κ2) is 11.3. The van der Waals surface area contributed by atoms with Crippen LogP contribution in [0.3, 0.4) is 0 Å². The molecule has 4 heterocycles. The van der Waals surface area contributed by atoms with Crippen LogP contribution in [0.25, 0.3) is 6.08 Å². The maximum absolute atomic E-state index is 13.8. The van der Waals surface area contributed by atoms with E-state index in [-0.39, 0.29) is 19.0 Å². The second-order valence-corrected chi connectivity index (χ2v) is 11.2.